The van der Waals surface area contributed by atoms with E-state index >= 15 is 0 Å². The molecule has 0 radical (unpaired) electrons. The lowest BCUT2D eigenvalue weighted by molar-refractivity contribution is 0.459. The van der Waals surface area contributed by atoms with Crippen molar-refractivity contribution in [1.29, 1.82) is 0 Å². The molecule has 0 amide bonds. The van der Waals surface area contributed by atoms with E-state index in [1.807, 2.05) is 37.3 Å². The highest BCUT2D eigenvalue weighted by Crippen LogP contribution is 2.34. The van der Waals surface area contributed by atoms with Crippen LogP contribution in [0, 0.1) is 6.92 Å². The first kappa shape index (κ1) is 16.5. The lowest BCUT2D eigenvalue weighted by Gasteiger charge is -2.18. The van der Waals surface area contributed by atoms with Gasteiger partial charge in [0, 0.05) is 20.6 Å². The average molecular weight is 413 g/mol. The Balaban J connectivity index is 2.38. The SMILES string of the molecule is CCNC(C)c1ccc(Br)cc1Oc1cc(Br)ccc1C. The summed E-state index contributed by atoms with van der Waals surface area (Å²) in [4.78, 5) is 0. The molecule has 2 rings (SSSR count). The van der Waals surface area contributed by atoms with Crippen LogP contribution >= 0.6 is 31.9 Å². The fourth-order valence-electron chi connectivity index (χ4n) is 2.17. The van der Waals surface area contributed by atoms with Crippen LogP contribution in [0.1, 0.15) is 31.0 Å². The van der Waals surface area contributed by atoms with Gasteiger partial charge in [-0.15, -0.1) is 0 Å². The molecule has 0 aliphatic carbocycles. The van der Waals surface area contributed by atoms with Crippen molar-refractivity contribution in [2.24, 2.45) is 0 Å². The summed E-state index contributed by atoms with van der Waals surface area (Å²) in [5.41, 5.74) is 2.26. The Morgan fingerprint density at radius 3 is 2.33 bits per heavy atom. The molecule has 2 aromatic carbocycles. The number of nitrogens with one attached hydrogen (secondary N) is 1. The van der Waals surface area contributed by atoms with E-state index in [1.165, 1.54) is 0 Å². The van der Waals surface area contributed by atoms with Crippen molar-refractivity contribution in [2.45, 2.75) is 26.8 Å². The molecule has 1 unspecified atom stereocenters. The van der Waals surface area contributed by atoms with Gasteiger partial charge in [0.1, 0.15) is 11.5 Å². The van der Waals surface area contributed by atoms with E-state index in [2.05, 4.69) is 57.1 Å². The minimum Gasteiger partial charge on any atom is -0.457 e. The van der Waals surface area contributed by atoms with Gasteiger partial charge in [-0.3, -0.25) is 0 Å². The van der Waals surface area contributed by atoms with Crippen molar-refractivity contribution < 1.29 is 4.74 Å². The second-order valence-electron chi connectivity index (χ2n) is 4.97. The summed E-state index contributed by atoms with van der Waals surface area (Å²) in [6.45, 7) is 7.22. The zero-order valence-corrected chi connectivity index (χ0v) is 15.6. The number of rotatable bonds is 5. The van der Waals surface area contributed by atoms with Gasteiger partial charge >= 0.3 is 0 Å². The first-order chi connectivity index (χ1) is 10.0. The molecule has 21 heavy (non-hydrogen) atoms. The van der Waals surface area contributed by atoms with Crippen LogP contribution in [0.25, 0.3) is 0 Å². The molecular weight excluding hydrogens is 394 g/mol. The molecule has 2 aromatic rings. The van der Waals surface area contributed by atoms with Crippen LogP contribution in [0.2, 0.25) is 0 Å². The summed E-state index contributed by atoms with van der Waals surface area (Å²) in [7, 11) is 0. The van der Waals surface area contributed by atoms with Crippen LogP contribution in [0.5, 0.6) is 11.5 Å². The Labute approximate surface area is 143 Å². The Hall–Kier alpha value is -0.840. The third-order valence-electron chi connectivity index (χ3n) is 3.32. The summed E-state index contributed by atoms with van der Waals surface area (Å²) in [6, 6.07) is 12.5. The maximum absolute atomic E-state index is 6.17. The molecular formula is C17H19Br2NO. The second kappa shape index (κ2) is 7.43. The van der Waals surface area contributed by atoms with Gasteiger partial charge in [0.05, 0.1) is 0 Å². The minimum atomic E-state index is 0.241. The number of hydrogen-bond donors (Lipinski definition) is 1. The largest absolute Gasteiger partial charge is 0.457 e. The quantitative estimate of drug-likeness (QED) is 0.651. The van der Waals surface area contributed by atoms with Crippen LogP contribution in [0.4, 0.5) is 0 Å². The number of benzene rings is 2. The van der Waals surface area contributed by atoms with Gasteiger partial charge in [-0.25, -0.2) is 0 Å². The molecule has 0 saturated carbocycles. The van der Waals surface area contributed by atoms with Crippen LogP contribution in [0.3, 0.4) is 0 Å². The van der Waals surface area contributed by atoms with Gasteiger partial charge in [-0.05, 0) is 50.2 Å². The fraction of sp³-hybridized carbons (Fsp3) is 0.294. The maximum atomic E-state index is 6.17. The molecule has 0 bridgehead atoms. The number of ether oxygens (including phenoxy) is 1. The Bertz CT molecular complexity index is 628. The van der Waals surface area contributed by atoms with Crippen LogP contribution in [0.15, 0.2) is 45.3 Å². The molecule has 0 saturated heterocycles. The Kier molecular flexibility index (Phi) is 5.85. The van der Waals surface area contributed by atoms with E-state index in [0.29, 0.717) is 0 Å². The van der Waals surface area contributed by atoms with Crippen molar-refractivity contribution in [3.05, 3.63) is 56.5 Å². The van der Waals surface area contributed by atoms with Crippen LogP contribution in [-0.4, -0.2) is 6.54 Å². The summed E-state index contributed by atoms with van der Waals surface area (Å²) < 4.78 is 8.19. The molecule has 0 aliphatic heterocycles. The van der Waals surface area contributed by atoms with Crippen molar-refractivity contribution >= 4 is 31.9 Å². The first-order valence-corrected chi connectivity index (χ1v) is 8.56. The third-order valence-corrected chi connectivity index (χ3v) is 4.31. The average Bonchev–Trinajstić information content (AvgIpc) is 2.43. The summed E-state index contributed by atoms with van der Waals surface area (Å²) >= 11 is 7.02. The zero-order chi connectivity index (χ0) is 15.4. The standard InChI is InChI=1S/C17H19Br2NO/c1-4-20-12(3)15-8-7-14(19)10-17(15)21-16-9-13(18)6-5-11(16)2/h5-10,12,20H,4H2,1-3H3. The minimum absolute atomic E-state index is 0.241. The van der Waals surface area contributed by atoms with Gasteiger partial charge in [-0.1, -0.05) is 50.9 Å². The number of aryl methyl sites for hydroxylation is 1. The fourth-order valence-corrected chi connectivity index (χ4v) is 2.85. The van der Waals surface area contributed by atoms with Gasteiger partial charge < -0.3 is 10.1 Å². The van der Waals surface area contributed by atoms with E-state index < -0.39 is 0 Å². The third kappa shape index (κ3) is 4.31. The van der Waals surface area contributed by atoms with Gasteiger partial charge in [0.25, 0.3) is 0 Å². The molecule has 4 heteroatoms. The van der Waals surface area contributed by atoms with E-state index in [-0.39, 0.29) is 6.04 Å². The molecule has 0 aliphatic rings. The maximum Gasteiger partial charge on any atom is 0.133 e. The molecule has 1 N–H and O–H groups in total. The van der Waals surface area contributed by atoms with Gasteiger partial charge in [0.15, 0.2) is 0 Å². The highest BCUT2D eigenvalue weighted by molar-refractivity contribution is 9.10. The number of halogens is 2. The normalized spacial score (nSPS) is 12.2. The lowest BCUT2D eigenvalue weighted by atomic mass is 10.1. The summed E-state index contributed by atoms with van der Waals surface area (Å²) in [5.74, 6) is 1.74. The van der Waals surface area contributed by atoms with Crippen LogP contribution < -0.4 is 10.1 Å². The molecule has 0 heterocycles. The van der Waals surface area contributed by atoms with Gasteiger partial charge in [0.2, 0.25) is 0 Å². The summed E-state index contributed by atoms with van der Waals surface area (Å²) in [6.07, 6.45) is 0. The van der Waals surface area contributed by atoms with Crippen molar-refractivity contribution in [2.75, 3.05) is 6.54 Å². The molecule has 112 valence electrons. The molecule has 0 aromatic heterocycles. The smallest absolute Gasteiger partial charge is 0.133 e. The van der Waals surface area contributed by atoms with E-state index in [0.717, 1.165) is 38.1 Å². The van der Waals surface area contributed by atoms with E-state index in [9.17, 15) is 0 Å². The van der Waals surface area contributed by atoms with Crippen molar-refractivity contribution in [3.8, 4) is 11.5 Å². The molecule has 0 fully saturated rings. The molecule has 0 spiro atoms. The van der Waals surface area contributed by atoms with Gasteiger partial charge in [-0.2, -0.15) is 0 Å². The molecule has 2 nitrogen and oxygen atoms in total. The monoisotopic (exact) mass is 411 g/mol. The number of hydrogen-bond acceptors (Lipinski definition) is 2. The van der Waals surface area contributed by atoms with E-state index in [1.54, 1.807) is 0 Å². The zero-order valence-electron chi connectivity index (χ0n) is 12.4. The Morgan fingerprint density at radius 2 is 1.67 bits per heavy atom. The van der Waals surface area contributed by atoms with Crippen LogP contribution in [-0.2, 0) is 0 Å². The highest BCUT2D eigenvalue weighted by atomic mass is 79.9. The topological polar surface area (TPSA) is 21.3 Å². The lowest BCUT2D eigenvalue weighted by Crippen LogP contribution is -2.18. The predicted molar refractivity (Wildman–Crippen MR) is 95.2 cm³/mol. The highest BCUT2D eigenvalue weighted by Gasteiger charge is 2.13. The summed E-state index contributed by atoms with van der Waals surface area (Å²) in [5, 5.41) is 3.43. The first-order valence-electron chi connectivity index (χ1n) is 6.98. The second-order valence-corrected chi connectivity index (χ2v) is 6.80. The Morgan fingerprint density at radius 1 is 1.05 bits per heavy atom. The predicted octanol–water partition coefficient (Wildman–Crippen LogP) is 5.98. The molecule has 1 atom stereocenters. The van der Waals surface area contributed by atoms with Crippen molar-refractivity contribution in [1.82, 2.24) is 5.32 Å². The van der Waals surface area contributed by atoms with Crippen molar-refractivity contribution in [3.63, 3.8) is 0 Å². The van der Waals surface area contributed by atoms with E-state index in [4.69, 9.17) is 4.74 Å².